The molecule has 31 heavy (non-hydrogen) atoms. The van der Waals surface area contributed by atoms with E-state index in [-0.39, 0.29) is 18.9 Å². The maximum atomic E-state index is 11.7. The normalized spacial score (nSPS) is 19.5. The van der Waals surface area contributed by atoms with Crippen LogP contribution in [0.15, 0.2) is 35.5 Å². The summed E-state index contributed by atoms with van der Waals surface area (Å²) in [6, 6.07) is 0. The van der Waals surface area contributed by atoms with Gasteiger partial charge in [-0.2, -0.15) is 0 Å². The van der Waals surface area contributed by atoms with Crippen molar-refractivity contribution in [1.29, 1.82) is 0 Å². The Kier molecular flexibility index (Phi) is 11.9. The molecule has 1 aliphatic carbocycles. The van der Waals surface area contributed by atoms with E-state index in [1.165, 1.54) is 42.4 Å². The van der Waals surface area contributed by atoms with Gasteiger partial charge in [0.1, 0.15) is 13.0 Å². The molecule has 0 aromatic carbocycles. The van der Waals surface area contributed by atoms with Crippen LogP contribution in [-0.4, -0.2) is 25.2 Å². The van der Waals surface area contributed by atoms with Gasteiger partial charge in [0.15, 0.2) is 0 Å². The van der Waals surface area contributed by atoms with E-state index in [9.17, 15) is 9.59 Å². The molecule has 0 spiro atoms. The fourth-order valence-electron chi connectivity index (χ4n) is 4.15. The van der Waals surface area contributed by atoms with E-state index in [0.717, 1.165) is 19.3 Å². The van der Waals surface area contributed by atoms with Gasteiger partial charge in [-0.05, 0) is 82.1 Å². The summed E-state index contributed by atoms with van der Waals surface area (Å²) in [5, 5.41) is 0. The molecule has 0 N–H and O–H groups in total. The first kappa shape index (κ1) is 27.2. The van der Waals surface area contributed by atoms with E-state index in [4.69, 9.17) is 9.47 Å². The van der Waals surface area contributed by atoms with Crippen LogP contribution in [0, 0.1) is 17.3 Å². The Hall–Kier alpha value is -1.84. The number of carbonyl (C=O) groups is 2. The Morgan fingerprint density at radius 2 is 1.74 bits per heavy atom. The van der Waals surface area contributed by atoms with E-state index in [1.807, 2.05) is 26.8 Å². The summed E-state index contributed by atoms with van der Waals surface area (Å²) >= 11 is 0. The minimum Gasteiger partial charge on any atom is -0.465 e. The first-order chi connectivity index (χ1) is 14.5. The highest BCUT2D eigenvalue weighted by molar-refractivity contribution is 5.91. The largest absolute Gasteiger partial charge is 0.465 e. The molecule has 0 radical (unpaired) electrons. The van der Waals surface area contributed by atoms with E-state index in [2.05, 4.69) is 33.4 Å². The summed E-state index contributed by atoms with van der Waals surface area (Å²) < 4.78 is 10.1. The van der Waals surface area contributed by atoms with Gasteiger partial charge in [0.25, 0.3) is 0 Å². The number of rotatable bonds is 12. The SMILES string of the molecule is C=C1CCCC(C)(C)C1CCC(C)=CCCC(C)=CCOC(=O)CC(=O)OCC(C)C. The smallest absolute Gasteiger partial charge is 0.317 e. The van der Waals surface area contributed by atoms with E-state index >= 15 is 0 Å². The van der Waals surface area contributed by atoms with Gasteiger partial charge in [0.05, 0.1) is 6.61 Å². The number of allylic oxidation sites excluding steroid dienone is 4. The third-order valence-electron chi connectivity index (χ3n) is 6.16. The molecule has 0 amide bonds. The third kappa shape index (κ3) is 11.4. The van der Waals surface area contributed by atoms with Crippen LogP contribution < -0.4 is 0 Å². The molecular formula is C27H44O4. The predicted molar refractivity (Wildman–Crippen MR) is 128 cm³/mol. The van der Waals surface area contributed by atoms with Crippen molar-refractivity contribution in [3.05, 3.63) is 35.5 Å². The highest BCUT2D eigenvalue weighted by atomic mass is 16.6. The Bertz CT molecular complexity index is 667. The molecule has 0 saturated heterocycles. The van der Waals surface area contributed by atoms with Crippen LogP contribution in [0.2, 0.25) is 0 Å². The molecule has 1 saturated carbocycles. The fraction of sp³-hybridized carbons (Fsp3) is 0.704. The average Bonchev–Trinajstić information content (AvgIpc) is 2.65. The lowest BCUT2D eigenvalue weighted by molar-refractivity contribution is -0.154. The van der Waals surface area contributed by atoms with Crippen LogP contribution in [0.3, 0.4) is 0 Å². The van der Waals surface area contributed by atoms with E-state index in [1.54, 1.807) is 0 Å². The molecule has 1 fully saturated rings. The molecule has 4 nitrogen and oxygen atoms in total. The second-order valence-electron chi connectivity index (χ2n) is 10.2. The van der Waals surface area contributed by atoms with Crippen LogP contribution in [-0.2, 0) is 19.1 Å². The first-order valence-electron chi connectivity index (χ1n) is 11.8. The van der Waals surface area contributed by atoms with Gasteiger partial charge in [0.2, 0.25) is 0 Å². The van der Waals surface area contributed by atoms with Crippen LogP contribution in [0.25, 0.3) is 0 Å². The van der Waals surface area contributed by atoms with Gasteiger partial charge < -0.3 is 9.47 Å². The summed E-state index contributed by atoms with van der Waals surface area (Å²) in [6.07, 6.45) is 11.9. The number of hydrogen-bond donors (Lipinski definition) is 0. The lowest BCUT2D eigenvalue weighted by atomic mass is 9.65. The summed E-state index contributed by atoms with van der Waals surface area (Å²) in [7, 11) is 0. The van der Waals surface area contributed by atoms with Gasteiger partial charge >= 0.3 is 11.9 Å². The van der Waals surface area contributed by atoms with E-state index in [0.29, 0.717) is 17.9 Å². The zero-order valence-electron chi connectivity index (χ0n) is 20.7. The second-order valence-corrected chi connectivity index (χ2v) is 10.2. The highest BCUT2D eigenvalue weighted by Crippen LogP contribution is 2.45. The molecule has 0 aromatic rings. The number of carbonyl (C=O) groups excluding carboxylic acids is 2. The van der Waals surface area contributed by atoms with Gasteiger partial charge in [-0.3, -0.25) is 9.59 Å². The van der Waals surface area contributed by atoms with Crippen molar-refractivity contribution in [2.45, 2.75) is 92.9 Å². The van der Waals surface area contributed by atoms with Gasteiger partial charge in [0, 0.05) is 0 Å². The molecule has 1 aliphatic rings. The summed E-state index contributed by atoms with van der Waals surface area (Å²) in [6.45, 7) is 17.8. The fourth-order valence-corrected chi connectivity index (χ4v) is 4.15. The van der Waals surface area contributed by atoms with Crippen molar-refractivity contribution in [3.63, 3.8) is 0 Å². The molecule has 0 aliphatic heterocycles. The van der Waals surface area contributed by atoms with Crippen LogP contribution in [0.1, 0.15) is 92.9 Å². The summed E-state index contributed by atoms with van der Waals surface area (Å²) in [5.74, 6) is -0.189. The maximum Gasteiger partial charge on any atom is 0.317 e. The van der Waals surface area contributed by atoms with Crippen molar-refractivity contribution in [2.75, 3.05) is 13.2 Å². The first-order valence-corrected chi connectivity index (χ1v) is 11.8. The monoisotopic (exact) mass is 432 g/mol. The van der Waals surface area contributed by atoms with Crippen LogP contribution in [0.5, 0.6) is 0 Å². The Morgan fingerprint density at radius 3 is 2.39 bits per heavy atom. The molecule has 0 heterocycles. The lowest BCUT2D eigenvalue weighted by Gasteiger charge is -2.40. The Labute approximate surface area is 190 Å². The molecule has 4 heteroatoms. The summed E-state index contributed by atoms with van der Waals surface area (Å²) in [5.41, 5.74) is 4.43. The zero-order valence-corrected chi connectivity index (χ0v) is 20.7. The molecule has 176 valence electrons. The highest BCUT2D eigenvalue weighted by Gasteiger charge is 2.33. The minimum absolute atomic E-state index is 0.198. The Morgan fingerprint density at radius 1 is 1.10 bits per heavy atom. The Balaban J connectivity index is 2.28. The second kappa shape index (κ2) is 13.5. The molecular weight excluding hydrogens is 388 g/mol. The topological polar surface area (TPSA) is 52.6 Å². The van der Waals surface area contributed by atoms with Crippen molar-refractivity contribution in [2.24, 2.45) is 17.3 Å². The number of ether oxygens (including phenoxy) is 2. The quantitative estimate of drug-likeness (QED) is 0.190. The van der Waals surface area contributed by atoms with Crippen molar-refractivity contribution < 1.29 is 19.1 Å². The minimum atomic E-state index is -0.541. The molecule has 1 unspecified atom stereocenters. The molecule has 0 aromatic heterocycles. The number of esters is 2. The van der Waals surface area contributed by atoms with Crippen LogP contribution >= 0.6 is 0 Å². The number of hydrogen-bond acceptors (Lipinski definition) is 4. The molecule has 1 rings (SSSR count). The third-order valence-corrected chi connectivity index (χ3v) is 6.16. The zero-order chi connectivity index (χ0) is 23.4. The van der Waals surface area contributed by atoms with Gasteiger partial charge in [-0.15, -0.1) is 0 Å². The molecule has 1 atom stereocenters. The maximum absolute atomic E-state index is 11.7. The van der Waals surface area contributed by atoms with Crippen molar-refractivity contribution in [3.8, 4) is 0 Å². The van der Waals surface area contributed by atoms with Crippen LogP contribution in [0.4, 0.5) is 0 Å². The average molecular weight is 433 g/mol. The van der Waals surface area contributed by atoms with Gasteiger partial charge in [-0.1, -0.05) is 57.1 Å². The standard InChI is InChI=1S/C27H44O4/c1-20(2)19-31-26(29)18-25(28)30-17-15-22(4)11-8-10-21(3)13-14-24-23(5)12-9-16-27(24,6)7/h10,15,20,24H,5,8-9,11-14,16-19H2,1-4,6-7H3. The summed E-state index contributed by atoms with van der Waals surface area (Å²) in [4.78, 5) is 23.2. The van der Waals surface area contributed by atoms with Crippen molar-refractivity contribution >= 4 is 11.9 Å². The van der Waals surface area contributed by atoms with E-state index < -0.39 is 11.9 Å². The van der Waals surface area contributed by atoms with Crippen molar-refractivity contribution in [1.82, 2.24) is 0 Å². The lowest BCUT2D eigenvalue weighted by Crippen LogP contribution is -2.29. The van der Waals surface area contributed by atoms with Gasteiger partial charge in [-0.25, -0.2) is 0 Å². The predicted octanol–water partition coefficient (Wildman–Crippen LogP) is 6.95. The molecule has 0 bridgehead atoms.